The van der Waals surface area contributed by atoms with Gasteiger partial charge in [-0.05, 0) is 0 Å². The monoisotopic (exact) mass is 212 g/mol. The first kappa shape index (κ1) is 8.89. The highest BCUT2D eigenvalue weighted by molar-refractivity contribution is 7.91. The fourth-order valence-corrected chi connectivity index (χ4v) is 2.68. The number of hydrogen-bond donors (Lipinski definition) is 0. The molecule has 0 unspecified atom stereocenters. The van der Waals surface area contributed by atoms with Gasteiger partial charge in [0.25, 0.3) is 0 Å². The van der Waals surface area contributed by atoms with Crippen molar-refractivity contribution in [2.45, 2.75) is 5.03 Å². The zero-order valence-electron chi connectivity index (χ0n) is 5.40. The minimum Gasteiger partial charge on any atom is -0.222 e. The normalized spacial score (nSPS) is 11.7. The number of aromatic nitrogens is 2. The second kappa shape index (κ2) is 3.46. The first-order chi connectivity index (χ1) is 5.17. The quantitative estimate of drug-likeness (QED) is 0.687. The van der Waals surface area contributed by atoms with E-state index in [9.17, 15) is 8.42 Å². The van der Waals surface area contributed by atoms with E-state index in [4.69, 9.17) is 11.6 Å². The van der Waals surface area contributed by atoms with Gasteiger partial charge in [-0.15, -0.1) is 11.6 Å². The van der Waals surface area contributed by atoms with Gasteiger partial charge in [0, 0.05) is 5.88 Å². The molecule has 0 N–H and O–H groups in total. The molecule has 11 heavy (non-hydrogen) atoms. The maximum Gasteiger partial charge on any atom is 0.199 e. The van der Waals surface area contributed by atoms with Crippen LogP contribution in [0.4, 0.5) is 0 Å². The number of hydrogen-bond acceptors (Lipinski definition) is 5. The van der Waals surface area contributed by atoms with E-state index in [1.165, 1.54) is 6.20 Å². The maximum atomic E-state index is 11.1. The third kappa shape index (κ3) is 2.11. The average Bonchev–Trinajstić information content (AvgIpc) is 2.37. The molecule has 0 saturated carbocycles. The topological polar surface area (TPSA) is 59.9 Å². The van der Waals surface area contributed by atoms with Crippen molar-refractivity contribution >= 4 is 33.2 Å². The predicted octanol–water partition coefficient (Wildman–Crippen LogP) is 0.551. The summed E-state index contributed by atoms with van der Waals surface area (Å²) in [4.78, 5) is 0. The first-order valence-corrected chi connectivity index (χ1v) is 5.65. The summed E-state index contributed by atoms with van der Waals surface area (Å²) in [5.74, 6) is -0.000170. The molecular formula is C4H5ClN2O2S2. The molecule has 1 rings (SSSR count). The lowest BCUT2D eigenvalue weighted by Gasteiger charge is -1.93. The van der Waals surface area contributed by atoms with Crippen LogP contribution in [-0.4, -0.2) is 28.8 Å². The number of sulfone groups is 1. The van der Waals surface area contributed by atoms with Gasteiger partial charge >= 0.3 is 0 Å². The van der Waals surface area contributed by atoms with Crippen LogP contribution >= 0.6 is 23.3 Å². The van der Waals surface area contributed by atoms with E-state index in [1.807, 2.05) is 0 Å². The Bertz CT molecular complexity index is 307. The van der Waals surface area contributed by atoms with Crippen molar-refractivity contribution in [3.05, 3.63) is 6.20 Å². The highest BCUT2D eigenvalue weighted by atomic mass is 35.5. The zero-order chi connectivity index (χ0) is 8.32. The highest BCUT2D eigenvalue weighted by Crippen LogP contribution is 2.07. The Hall–Kier alpha value is -0.200. The van der Waals surface area contributed by atoms with Gasteiger partial charge < -0.3 is 0 Å². The van der Waals surface area contributed by atoms with Crippen LogP contribution in [0.25, 0.3) is 0 Å². The molecule has 0 spiro atoms. The summed E-state index contributed by atoms with van der Waals surface area (Å²) in [7, 11) is -3.26. The Morgan fingerprint density at radius 1 is 1.64 bits per heavy atom. The summed E-state index contributed by atoms with van der Waals surface area (Å²) in [5.41, 5.74) is 0. The molecule has 1 aromatic rings. The Morgan fingerprint density at radius 2 is 2.36 bits per heavy atom. The molecular weight excluding hydrogens is 208 g/mol. The van der Waals surface area contributed by atoms with Crippen LogP contribution in [0.5, 0.6) is 0 Å². The standard InChI is InChI=1S/C4H5ClN2O2S2/c5-1-2-11(8,9)4-3-6-10-7-4/h3H,1-2H2. The molecule has 0 amide bonds. The Labute approximate surface area is 73.5 Å². The first-order valence-electron chi connectivity index (χ1n) is 2.73. The fraction of sp³-hybridized carbons (Fsp3) is 0.500. The van der Waals surface area contributed by atoms with Gasteiger partial charge in [-0.2, -0.15) is 8.75 Å². The summed E-state index contributed by atoms with van der Waals surface area (Å²) in [6, 6.07) is 0. The molecule has 0 aliphatic rings. The molecule has 0 saturated heterocycles. The highest BCUT2D eigenvalue weighted by Gasteiger charge is 2.15. The summed E-state index contributed by atoms with van der Waals surface area (Å²) in [6.45, 7) is 0. The van der Waals surface area contributed by atoms with Crippen molar-refractivity contribution in [2.75, 3.05) is 11.6 Å². The van der Waals surface area contributed by atoms with Gasteiger partial charge in [-0.1, -0.05) is 0 Å². The van der Waals surface area contributed by atoms with E-state index in [0.717, 1.165) is 11.7 Å². The molecule has 0 bridgehead atoms. The lowest BCUT2D eigenvalue weighted by atomic mass is 10.9. The van der Waals surface area contributed by atoms with Crippen LogP contribution in [-0.2, 0) is 9.84 Å². The molecule has 0 atom stereocenters. The van der Waals surface area contributed by atoms with E-state index in [1.54, 1.807) is 0 Å². The van der Waals surface area contributed by atoms with Crippen LogP contribution in [0.15, 0.2) is 11.2 Å². The number of nitrogens with zero attached hydrogens (tertiary/aromatic N) is 2. The van der Waals surface area contributed by atoms with Gasteiger partial charge in [-0.3, -0.25) is 0 Å². The van der Waals surface area contributed by atoms with Gasteiger partial charge in [0.15, 0.2) is 14.9 Å². The maximum absolute atomic E-state index is 11.1. The SMILES string of the molecule is O=S(=O)(CCCl)c1cnsn1. The van der Waals surface area contributed by atoms with Crippen LogP contribution in [0.2, 0.25) is 0 Å². The zero-order valence-corrected chi connectivity index (χ0v) is 7.79. The van der Waals surface area contributed by atoms with Crippen LogP contribution in [0, 0.1) is 0 Å². The van der Waals surface area contributed by atoms with E-state index >= 15 is 0 Å². The van der Waals surface area contributed by atoms with Crippen LogP contribution in [0.1, 0.15) is 0 Å². The molecule has 4 nitrogen and oxygen atoms in total. The summed E-state index contributed by atoms with van der Waals surface area (Å²) >= 11 is 6.15. The van der Waals surface area contributed by atoms with Crippen LogP contribution in [0.3, 0.4) is 0 Å². The fourth-order valence-electron chi connectivity index (χ4n) is 0.499. The van der Waals surface area contributed by atoms with Gasteiger partial charge in [0.1, 0.15) is 0 Å². The summed E-state index contributed by atoms with van der Waals surface area (Å²) < 4.78 is 29.4. The van der Waals surface area contributed by atoms with Gasteiger partial charge in [0.2, 0.25) is 0 Å². The molecule has 0 radical (unpaired) electrons. The second-order valence-corrected chi connectivity index (χ2v) is 4.74. The Morgan fingerprint density at radius 3 is 2.82 bits per heavy atom. The number of alkyl halides is 1. The second-order valence-electron chi connectivity index (χ2n) is 1.75. The van der Waals surface area contributed by atoms with E-state index < -0.39 is 9.84 Å². The van der Waals surface area contributed by atoms with Crippen molar-refractivity contribution < 1.29 is 8.42 Å². The van der Waals surface area contributed by atoms with Crippen molar-refractivity contribution in [3.8, 4) is 0 Å². The molecule has 7 heteroatoms. The number of halogens is 1. The molecule has 0 aromatic carbocycles. The molecule has 62 valence electrons. The Balaban J connectivity index is 2.92. The van der Waals surface area contributed by atoms with E-state index in [0.29, 0.717) is 0 Å². The summed E-state index contributed by atoms with van der Waals surface area (Å²) in [6.07, 6.45) is 1.23. The van der Waals surface area contributed by atoms with Gasteiger partial charge in [-0.25, -0.2) is 8.42 Å². The van der Waals surface area contributed by atoms with Crippen molar-refractivity contribution in [1.29, 1.82) is 0 Å². The van der Waals surface area contributed by atoms with Gasteiger partial charge in [0.05, 0.1) is 23.7 Å². The number of rotatable bonds is 3. The molecule has 0 fully saturated rings. The van der Waals surface area contributed by atoms with Crippen molar-refractivity contribution in [1.82, 2.24) is 8.75 Å². The van der Waals surface area contributed by atoms with E-state index in [2.05, 4.69) is 8.75 Å². The third-order valence-electron chi connectivity index (χ3n) is 1.01. The Kier molecular flexibility index (Phi) is 2.80. The largest absolute Gasteiger partial charge is 0.222 e. The molecule has 1 aromatic heterocycles. The third-order valence-corrected chi connectivity index (χ3v) is 3.59. The smallest absolute Gasteiger partial charge is 0.199 e. The van der Waals surface area contributed by atoms with Crippen molar-refractivity contribution in [3.63, 3.8) is 0 Å². The lowest BCUT2D eigenvalue weighted by Crippen LogP contribution is -2.07. The van der Waals surface area contributed by atoms with Crippen molar-refractivity contribution in [2.24, 2.45) is 0 Å². The lowest BCUT2D eigenvalue weighted by molar-refractivity contribution is 0.595. The summed E-state index contributed by atoms with van der Waals surface area (Å²) in [5, 5.41) is 0.0168. The predicted molar refractivity (Wildman–Crippen MR) is 42.7 cm³/mol. The minimum atomic E-state index is -3.26. The van der Waals surface area contributed by atoms with Crippen LogP contribution < -0.4 is 0 Å². The molecule has 0 aliphatic carbocycles. The average molecular weight is 213 g/mol. The molecule has 1 heterocycles. The minimum absolute atomic E-state index is 0.0168. The molecule has 0 aliphatic heterocycles. The van der Waals surface area contributed by atoms with E-state index in [-0.39, 0.29) is 16.7 Å².